The number of unbranched alkanes of at least 4 members (excludes halogenated alkanes) is 6. The van der Waals surface area contributed by atoms with E-state index >= 15 is 0 Å². The minimum absolute atomic E-state index is 0.353. The van der Waals surface area contributed by atoms with E-state index in [0.717, 1.165) is 11.4 Å². The summed E-state index contributed by atoms with van der Waals surface area (Å²) in [4.78, 5) is 4.04. The fourth-order valence-corrected chi connectivity index (χ4v) is 2.68. The third-order valence-corrected chi connectivity index (χ3v) is 3.94. The van der Waals surface area contributed by atoms with Crippen LogP contribution < -0.4 is 5.32 Å². The van der Waals surface area contributed by atoms with Gasteiger partial charge in [0.15, 0.2) is 0 Å². The predicted molar refractivity (Wildman–Crippen MR) is 83.7 cm³/mol. The molecule has 1 atom stereocenters. The first kappa shape index (κ1) is 16.5. The van der Waals surface area contributed by atoms with Crippen LogP contribution >= 0.6 is 11.6 Å². The molecule has 0 aromatic carbocycles. The highest BCUT2D eigenvalue weighted by atomic mass is 35.5. The van der Waals surface area contributed by atoms with Gasteiger partial charge in [0.1, 0.15) is 0 Å². The van der Waals surface area contributed by atoms with Crippen LogP contribution in [0.15, 0.2) is 18.5 Å². The topological polar surface area (TPSA) is 24.9 Å². The van der Waals surface area contributed by atoms with Gasteiger partial charge in [-0.3, -0.25) is 4.98 Å². The molecule has 1 N–H and O–H groups in total. The molecule has 0 bridgehead atoms. The molecule has 1 rings (SSSR count). The number of aromatic nitrogens is 1. The van der Waals surface area contributed by atoms with Gasteiger partial charge in [-0.25, -0.2) is 0 Å². The Hall–Kier alpha value is -0.600. The molecule has 108 valence electrons. The van der Waals surface area contributed by atoms with Gasteiger partial charge in [0.25, 0.3) is 0 Å². The Labute approximate surface area is 123 Å². The molecule has 3 heteroatoms. The van der Waals surface area contributed by atoms with E-state index in [-0.39, 0.29) is 0 Å². The summed E-state index contributed by atoms with van der Waals surface area (Å²) in [5.41, 5.74) is 1.17. The first-order valence-electron chi connectivity index (χ1n) is 7.56. The van der Waals surface area contributed by atoms with Crippen molar-refractivity contribution in [2.45, 2.75) is 64.3 Å². The fraction of sp³-hybridized carbons (Fsp3) is 0.688. The van der Waals surface area contributed by atoms with E-state index in [4.69, 9.17) is 11.6 Å². The second kappa shape index (κ2) is 10.2. The van der Waals surface area contributed by atoms with E-state index in [1.807, 2.05) is 19.3 Å². The molecule has 2 nitrogen and oxygen atoms in total. The standard InChI is InChI=1S/C16H27ClN2/c1-3-4-5-6-7-8-9-10-16(18-2)14-11-12-19-13-15(14)17/h11-13,16,18H,3-10H2,1-2H3. The number of nitrogens with one attached hydrogen (secondary N) is 1. The molecule has 0 radical (unpaired) electrons. The van der Waals surface area contributed by atoms with Gasteiger partial charge in [-0.15, -0.1) is 0 Å². The van der Waals surface area contributed by atoms with E-state index in [1.165, 1.54) is 50.5 Å². The van der Waals surface area contributed by atoms with Gasteiger partial charge in [0, 0.05) is 18.4 Å². The number of pyridine rings is 1. The van der Waals surface area contributed by atoms with E-state index < -0.39 is 0 Å². The number of hydrogen-bond donors (Lipinski definition) is 1. The molecule has 0 aliphatic carbocycles. The second-order valence-electron chi connectivity index (χ2n) is 5.15. The van der Waals surface area contributed by atoms with E-state index in [0.29, 0.717) is 6.04 Å². The Morgan fingerprint density at radius 2 is 1.84 bits per heavy atom. The fourth-order valence-electron chi connectivity index (χ4n) is 2.43. The van der Waals surface area contributed by atoms with Crippen LogP contribution in [-0.2, 0) is 0 Å². The van der Waals surface area contributed by atoms with Crippen molar-refractivity contribution in [1.29, 1.82) is 0 Å². The third kappa shape index (κ3) is 6.40. The summed E-state index contributed by atoms with van der Waals surface area (Å²) in [5.74, 6) is 0. The predicted octanol–water partition coefficient (Wildman–Crippen LogP) is 5.14. The van der Waals surface area contributed by atoms with E-state index in [9.17, 15) is 0 Å². The first-order valence-corrected chi connectivity index (χ1v) is 7.94. The maximum Gasteiger partial charge on any atom is 0.0637 e. The van der Waals surface area contributed by atoms with E-state index in [1.54, 1.807) is 6.20 Å². The average Bonchev–Trinajstić information content (AvgIpc) is 2.43. The summed E-state index contributed by atoms with van der Waals surface area (Å²) in [6.07, 6.45) is 14.1. The minimum atomic E-state index is 0.353. The third-order valence-electron chi connectivity index (χ3n) is 3.62. The van der Waals surface area contributed by atoms with Gasteiger partial charge in [-0.1, -0.05) is 63.5 Å². The van der Waals surface area contributed by atoms with Gasteiger partial charge in [0.2, 0.25) is 0 Å². The number of nitrogens with zero attached hydrogens (tertiary/aromatic N) is 1. The summed E-state index contributed by atoms with van der Waals surface area (Å²) in [5, 5.41) is 4.13. The summed E-state index contributed by atoms with van der Waals surface area (Å²) in [7, 11) is 2.00. The molecule has 0 fully saturated rings. The molecule has 1 aromatic rings. The summed E-state index contributed by atoms with van der Waals surface area (Å²) in [6.45, 7) is 2.26. The summed E-state index contributed by atoms with van der Waals surface area (Å²) in [6, 6.07) is 2.37. The van der Waals surface area contributed by atoms with Crippen LogP contribution in [0.4, 0.5) is 0 Å². The highest BCUT2D eigenvalue weighted by Gasteiger charge is 2.11. The number of hydrogen-bond acceptors (Lipinski definition) is 2. The van der Waals surface area contributed by atoms with Crippen LogP contribution in [0.3, 0.4) is 0 Å². The van der Waals surface area contributed by atoms with Crippen molar-refractivity contribution in [1.82, 2.24) is 10.3 Å². The molecule has 0 aliphatic heterocycles. The highest BCUT2D eigenvalue weighted by molar-refractivity contribution is 6.31. The van der Waals surface area contributed by atoms with Gasteiger partial charge in [-0.05, 0) is 25.1 Å². The van der Waals surface area contributed by atoms with Crippen LogP contribution in [0.1, 0.15) is 69.9 Å². The largest absolute Gasteiger partial charge is 0.313 e. The molecule has 1 heterocycles. The van der Waals surface area contributed by atoms with Gasteiger partial charge >= 0.3 is 0 Å². The van der Waals surface area contributed by atoms with Crippen LogP contribution in [0.2, 0.25) is 5.02 Å². The first-order chi connectivity index (χ1) is 9.29. The Balaban J connectivity index is 2.24. The molecule has 1 aromatic heterocycles. The Bertz CT molecular complexity index is 341. The molecule has 1 unspecified atom stereocenters. The van der Waals surface area contributed by atoms with Crippen molar-refractivity contribution < 1.29 is 0 Å². The lowest BCUT2D eigenvalue weighted by Crippen LogP contribution is -2.16. The average molecular weight is 283 g/mol. The second-order valence-corrected chi connectivity index (χ2v) is 5.56. The van der Waals surface area contributed by atoms with Gasteiger partial charge in [0.05, 0.1) is 5.02 Å². The van der Waals surface area contributed by atoms with Crippen molar-refractivity contribution in [3.05, 3.63) is 29.0 Å². The van der Waals surface area contributed by atoms with E-state index in [2.05, 4.69) is 17.2 Å². The maximum absolute atomic E-state index is 6.19. The zero-order valence-corrected chi connectivity index (χ0v) is 13.0. The highest BCUT2D eigenvalue weighted by Crippen LogP contribution is 2.25. The van der Waals surface area contributed by atoms with Crippen molar-refractivity contribution >= 4 is 11.6 Å². The lowest BCUT2D eigenvalue weighted by Gasteiger charge is -2.17. The molecule has 0 saturated heterocycles. The van der Waals surface area contributed by atoms with Crippen molar-refractivity contribution in [3.63, 3.8) is 0 Å². The molecular weight excluding hydrogens is 256 g/mol. The van der Waals surface area contributed by atoms with Crippen molar-refractivity contribution in [2.75, 3.05) is 7.05 Å². The summed E-state index contributed by atoms with van der Waals surface area (Å²) >= 11 is 6.19. The van der Waals surface area contributed by atoms with Crippen LogP contribution in [0.25, 0.3) is 0 Å². The van der Waals surface area contributed by atoms with Gasteiger partial charge in [-0.2, -0.15) is 0 Å². The Morgan fingerprint density at radius 1 is 1.16 bits per heavy atom. The maximum atomic E-state index is 6.19. The van der Waals surface area contributed by atoms with Crippen molar-refractivity contribution in [3.8, 4) is 0 Å². The number of halogens is 1. The minimum Gasteiger partial charge on any atom is -0.313 e. The van der Waals surface area contributed by atoms with Crippen LogP contribution in [0, 0.1) is 0 Å². The molecular formula is C16H27ClN2. The SMILES string of the molecule is CCCCCCCCCC(NC)c1ccncc1Cl. The summed E-state index contributed by atoms with van der Waals surface area (Å²) < 4.78 is 0. The quantitative estimate of drug-likeness (QED) is 0.601. The molecule has 0 amide bonds. The molecule has 0 saturated carbocycles. The molecule has 19 heavy (non-hydrogen) atoms. The van der Waals surface area contributed by atoms with Crippen molar-refractivity contribution in [2.24, 2.45) is 0 Å². The lowest BCUT2D eigenvalue weighted by molar-refractivity contribution is 0.495. The Morgan fingerprint density at radius 3 is 2.47 bits per heavy atom. The molecule has 0 spiro atoms. The molecule has 0 aliphatic rings. The normalized spacial score (nSPS) is 12.6. The lowest BCUT2D eigenvalue weighted by atomic mass is 10.0. The smallest absolute Gasteiger partial charge is 0.0637 e. The van der Waals surface area contributed by atoms with Gasteiger partial charge < -0.3 is 5.32 Å². The Kier molecular flexibility index (Phi) is 8.85. The van der Waals surface area contributed by atoms with Crippen LogP contribution in [0.5, 0.6) is 0 Å². The number of rotatable bonds is 10. The zero-order chi connectivity index (χ0) is 13.9. The zero-order valence-electron chi connectivity index (χ0n) is 12.3. The monoisotopic (exact) mass is 282 g/mol. The van der Waals surface area contributed by atoms with Crippen LogP contribution in [-0.4, -0.2) is 12.0 Å².